The number of hydrogen-bond donors (Lipinski definition) is 4. The molecule has 0 spiro atoms. The Morgan fingerprint density at radius 3 is 1.34 bits per heavy atom. The quantitative estimate of drug-likeness (QED) is 0.0196. The molecule has 0 radical (unpaired) electrons. The van der Waals surface area contributed by atoms with Crippen LogP contribution in [-0.2, 0) is 38.3 Å². The molecule has 1 saturated heterocycles. The van der Waals surface area contributed by atoms with Crippen LogP contribution >= 0.6 is 0 Å². The SMILES string of the molecule is CC/C=C\C/C=C\C/C=C\C/C=C\CCCCCCCCCCCCCCCOCC(COC1OC(CO)C(O)C(OS(=O)(=O)O)C1O)OC(=O)CCCCCCCCCCCCC/C=C\CCCCCCCCCC. The van der Waals surface area contributed by atoms with Crippen LogP contribution in [-0.4, -0.2) is 97.5 Å². The molecular weight excluding hydrogens is 981 g/mol. The molecule has 444 valence electrons. The number of rotatable bonds is 55. The molecule has 1 heterocycles. The molecule has 0 amide bonds. The molecule has 1 rings (SSSR count). The molecule has 0 aromatic rings. The van der Waals surface area contributed by atoms with Crippen LogP contribution in [0.4, 0.5) is 0 Å². The highest BCUT2D eigenvalue weighted by atomic mass is 32.3. The lowest BCUT2D eigenvalue weighted by Crippen LogP contribution is -2.60. The van der Waals surface area contributed by atoms with Gasteiger partial charge >= 0.3 is 16.4 Å². The number of aliphatic hydroxyl groups excluding tert-OH is 3. The molecule has 1 fully saturated rings. The van der Waals surface area contributed by atoms with Gasteiger partial charge in [0.1, 0.15) is 30.5 Å². The van der Waals surface area contributed by atoms with Crippen LogP contribution in [0.15, 0.2) is 60.8 Å². The lowest BCUT2D eigenvalue weighted by molar-refractivity contribution is -0.301. The van der Waals surface area contributed by atoms with Gasteiger partial charge in [-0.1, -0.05) is 248 Å². The van der Waals surface area contributed by atoms with Crippen molar-refractivity contribution in [1.82, 2.24) is 0 Å². The number of unbranched alkanes of at least 4 members (excludes halogenated alkanes) is 32. The number of hydrogen-bond acceptors (Lipinski definition) is 11. The molecule has 13 heteroatoms. The lowest BCUT2D eigenvalue weighted by Gasteiger charge is -2.41. The summed E-state index contributed by atoms with van der Waals surface area (Å²) in [5, 5.41) is 30.9. The standard InChI is InChI=1S/C63H114O12S/c1-3-5-7-9-11-13-15-17-19-21-23-25-27-28-29-31-33-35-37-39-41-43-45-47-49-51-53-71-55-57(56-72-63-61(67)62(75-76(68,69)70)60(66)58(54-64)74-63)73-59(65)52-50-48-46-44-42-40-38-36-34-32-30-26-24-22-20-18-16-14-12-10-8-6-4-2/h5,7,11,13,17,19,22-25,57-58,60-64,66-67H,3-4,6,8-10,12,14-16,18,20-21,26-56H2,1-2H3,(H,68,69,70)/b7-5-,13-11-,19-17-,24-22-,25-23-. The van der Waals surface area contributed by atoms with E-state index in [1.807, 2.05) is 0 Å². The zero-order valence-corrected chi connectivity index (χ0v) is 49.1. The van der Waals surface area contributed by atoms with Crippen molar-refractivity contribution in [3.63, 3.8) is 0 Å². The lowest BCUT2D eigenvalue weighted by atomic mass is 9.99. The summed E-state index contributed by atoms with van der Waals surface area (Å²) in [6.45, 7) is 3.92. The number of esters is 1. The smallest absolute Gasteiger partial charge is 0.397 e. The summed E-state index contributed by atoms with van der Waals surface area (Å²) >= 11 is 0. The number of allylic oxidation sites excluding steroid dienone is 10. The predicted octanol–water partition coefficient (Wildman–Crippen LogP) is 16.0. The second kappa shape index (κ2) is 53.4. The Labute approximate surface area is 465 Å². The van der Waals surface area contributed by atoms with Gasteiger partial charge in [0.2, 0.25) is 0 Å². The van der Waals surface area contributed by atoms with Gasteiger partial charge in [-0.2, -0.15) is 8.42 Å². The van der Waals surface area contributed by atoms with Crippen LogP contribution in [0.3, 0.4) is 0 Å². The molecule has 0 saturated carbocycles. The van der Waals surface area contributed by atoms with Crippen molar-refractivity contribution < 1.29 is 56.2 Å². The summed E-state index contributed by atoms with van der Waals surface area (Å²) in [7, 11) is -5.07. The van der Waals surface area contributed by atoms with Crippen LogP contribution in [0.2, 0.25) is 0 Å². The summed E-state index contributed by atoms with van der Waals surface area (Å²) in [6.07, 6.45) is 61.2. The summed E-state index contributed by atoms with van der Waals surface area (Å²) < 4.78 is 59.5. The van der Waals surface area contributed by atoms with E-state index in [4.69, 9.17) is 18.9 Å². The van der Waals surface area contributed by atoms with Gasteiger partial charge in [-0.3, -0.25) is 9.35 Å². The first kappa shape index (κ1) is 71.8. The van der Waals surface area contributed by atoms with Crippen molar-refractivity contribution in [1.29, 1.82) is 0 Å². The Balaban J connectivity index is 2.26. The summed E-state index contributed by atoms with van der Waals surface area (Å²) in [5.74, 6) is -0.397. The molecule has 0 aromatic carbocycles. The van der Waals surface area contributed by atoms with Crippen LogP contribution < -0.4 is 0 Å². The van der Waals surface area contributed by atoms with Gasteiger partial charge in [-0.15, -0.1) is 0 Å². The average Bonchev–Trinajstić information content (AvgIpc) is 3.40. The zero-order valence-electron chi connectivity index (χ0n) is 48.3. The van der Waals surface area contributed by atoms with Crippen molar-refractivity contribution in [2.45, 2.75) is 307 Å². The van der Waals surface area contributed by atoms with Gasteiger partial charge in [0.15, 0.2) is 6.29 Å². The van der Waals surface area contributed by atoms with E-state index in [9.17, 15) is 33.1 Å². The fourth-order valence-corrected chi connectivity index (χ4v) is 9.99. The number of carbonyl (C=O) groups is 1. The molecule has 76 heavy (non-hydrogen) atoms. The van der Waals surface area contributed by atoms with E-state index in [-0.39, 0.29) is 19.6 Å². The maximum atomic E-state index is 13.0. The number of carbonyl (C=O) groups excluding carboxylic acids is 1. The maximum Gasteiger partial charge on any atom is 0.397 e. The largest absolute Gasteiger partial charge is 0.457 e. The average molecular weight is 1100 g/mol. The third-order valence-electron chi connectivity index (χ3n) is 14.1. The van der Waals surface area contributed by atoms with Crippen LogP contribution in [0.1, 0.15) is 271 Å². The minimum absolute atomic E-state index is 0.0350. The fourth-order valence-electron chi connectivity index (χ4n) is 9.49. The summed E-state index contributed by atoms with van der Waals surface area (Å²) in [5.41, 5.74) is 0. The minimum Gasteiger partial charge on any atom is -0.457 e. The monoisotopic (exact) mass is 1090 g/mol. The zero-order chi connectivity index (χ0) is 55.3. The molecule has 12 nitrogen and oxygen atoms in total. The summed E-state index contributed by atoms with van der Waals surface area (Å²) in [6, 6.07) is 0. The van der Waals surface area contributed by atoms with Gasteiger partial charge in [0, 0.05) is 13.0 Å². The molecule has 6 unspecified atom stereocenters. The molecular formula is C63H114O12S. The van der Waals surface area contributed by atoms with Crippen molar-refractivity contribution in [3.8, 4) is 0 Å². The van der Waals surface area contributed by atoms with Crippen LogP contribution in [0, 0.1) is 0 Å². The third kappa shape index (κ3) is 45.6. The van der Waals surface area contributed by atoms with Gasteiger partial charge < -0.3 is 34.3 Å². The highest BCUT2D eigenvalue weighted by molar-refractivity contribution is 7.80. The van der Waals surface area contributed by atoms with E-state index in [1.54, 1.807) is 0 Å². The van der Waals surface area contributed by atoms with E-state index in [0.29, 0.717) is 13.0 Å². The normalized spacial score (nSPS) is 18.9. The molecule has 1 aliphatic rings. The van der Waals surface area contributed by atoms with E-state index in [0.717, 1.165) is 64.2 Å². The Bertz CT molecular complexity index is 1550. The third-order valence-corrected chi connectivity index (χ3v) is 14.6. The second-order valence-corrected chi connectivity index (χ2v) is 22.3. The van der Waals surface area contributed by atoms with Crippen molar-refractivity contribution in [2.24, 2.45) is 0 Å². The first-order valence-corrected chi connectivity index (χ1v) is 32.4. The van der Waals surface area contributed by atoms with E-state index >= 15 is 0 Å². The van der Waals surface area contributed by atoms with Crippen molar-refractivity contribution in [2.75, 3.05) is 26.4 Å². The molecule has 0 aliphatic carbocycles. The minimum atomic E-state index is -5.07. The van der Waals surface area contributed by atoms with Gasteiger partial charge in [0.25, 0.3) is 0 Å². The number of aliphatic hydroxyl groups is 3. The molecule has 4 N–H and O–H groups in total. The topological polar surface area (TPSA) is 178 Å². The van der Waals surface area contributed by atoms with E-state index in [1.165, 1.54) is 180 Å². The van der Waals surface area contributed by atoms with Gasteiger partial charge in [0.05, 0.1) is 19.8 Å². The highest BCUT2D eigenvalue weighted by Crippen LogP contribution is 2.26. The predicted molar refractivity (Wildman–Crippen MR) is 313 cm³/mol. The molecule has 1 aliphatic heterocycles. The first-order valence-electron chi connectivity index (χ1n) is 31.0. The fraction of sp³-hybridized carbons (Fsp3) is 0.825. The second-order valence-electron chi connectivity index (χ2n) is 21.3. The highest BCUT2D eigenvalue weighted by Gasteiger charge is 2.48. The molecule has 6 atom stereocenters. The molecule has 0 aromatic heterocycles. The van der Waals surface area contributed by atoms with E-state index in [2.05, 4.69) is 78.8 Å². The van der Waals surface area contributed by atoms with Crippen LogP contribution in [0.25, 0.3) is 0 Å². The van der Waals surface area contributed by atoms with E-state index < -0.39 is 59.8 Å². The van der Waals surface area contributed by atoms with Crippen molar-refractivity contribution >= 4 is 16.4 Å². The number of ether oxygens (including phenoxy) is 4. The Hall–Kier alpha value is -2.20. The Morgan fingerprint density at radius 1 is 0.513 bits per heavy atom. The van der Waals surface area contributed by atoms with Crippen LogP contribution in [0.5, 0.6) is 0 Å². The maximum absolute atomic E-state index is 13.0. The van der Waals surface area contributed by atoms with Gasteiger partial charge in [-0.25, -0.2) is 4.18 Å². The summed E-state index contributed by atoms with van der Waals surface area (Å²) in [4.78, 5) is 13.0. The Morgan fingerprint density at radius 2 is 0.908 bits per heavy atom. The first-order chi connectivity index (χ1) is 37.1. The van der Waals surface area contributed by atoms with Gasteiger partial charge in [-0.05, 0) is 77.0 Å². The molecule has 0 bridgehead atoms. The Kier molecular flexibility index (Phi) is 50.5. The van der Waals surface area contributed by atoms with Crippen molar-refractivity contribution in [3.05, 3.63) is 60.8 Å².